The summed E-state index contributed by atoms with van der Waals surface area (Å²) in [6, 6.07) is 3.87. The van der Waals surface area contributed by atoms with Gasteiger partial charge in [0.1, 0.15) is 6.61 Å². The number of nitrogens with zero attached hydrogens (tertiary/aromatic N) is 1. The highest BCUT2D eigenvalue weighted by Crippen LogP contribution is 2.07. The zero-order valence-electron chi connectivity index (χ0n) is 11.1. The Morgan fingerprint density at radius 1 is 1.17 bits per heavy atom. The van der Waals surface area contributed by atoms with Crippen LogP contribution in [0.15, 0.2) is 18.3 Å². The van der Waals surface area contributed by atoms with Gasteiger partial charge in [-0.25, -0.2) is 4.98 Å². The Morgan fingerprint density at radius 3 is 2.72 bits per heavy atom. The van der Waals surface area contributed by atoms with Crippen LogP contribution in [0.5, 0.6) is 5.88 Å². The highest BCUT2D eigenvalue weighted by Gasteiger charge is 1.96. The van der Waals surface area contributed by atoms with Crippen LogP contribution < -0.4 is 10.1 Å². The van der Waals surface area contributed by atoms with Crippen LogP contribution in [0.4, 0.5) is 0 Å². The zero-order chi connectivity index (χ0) is 13.1. The second-order valence-electron chi connectivity index (χ2n) is 3.84. The lowest BCUT2D eigenvalue weighted by molar-refractivity contribution is 0.0795. The van der Waals surface area contributed by atoms with Crippen molar-refractivity contribution in [3.05, 3.63) is 23.9 Å². The number of nitrogens with one attached hydrogen (secondary N) is 1. The predicted molar refractivity (Wildman–Crippen MR) is 69.8 cm³/mol. The van der Waals surface area contributed by atoms with E-state index in [0.29, 0.717) is 25.7 Å². The van der Waals surface area contributed by atoms with E-state index >= 15 is 0 Å². The Hall–Kier alpha value is -1.17. The van der Waals surface area contributed by atoms with E-state index < -0.39 is 0 Å². The molecule has 1 heterocycles. The van der Waals surface area contributed by atoms with Crippen molar-refractivity contribution in [1.29, 1.82) is 0 Å². The minimum absolute atomic E-state index is 0.519. The molecule has 0 atom stereocenters. The quantitative estimate of drug-likeness (QED) is 0.637. The fourth-order valence-electron chi connectivity index (χ4n) is 1.42. The summed E-state index contributed by atoms with van der Waals surface area (Å²) in [5.74, 6) is 0.635. The van der Waals surface area contributed by atoms with Crippen molar-refractivity contribution in [3.8, 4) is 5.88 Å². The van der Waals surface area contributed by atoms with Gasteiger partial charge >= 0.3 is 0 Å². The lowest BCUT2D eigenvalue weighted by Gasteiger charge is -2.07. The first-order chi connectivity index (χ1) is 8.86. The Balaban J connectivity index is 2.08. The Kier molecular flexibility index (Phi) is 8.12. The zero-order valence-corrected chi connectivity index (χ0v) is 11.1. The summed E-state index contributed by atoms with van der Waals surface area (Å²) >= 11 is 0. The molecule has 0 saturated heterocycles. The molecular formula is C13H22N2O3. The molecule has 0 aliphatic carbocycles. The number of ether oxygens (including phenoxy) is 3. The van der Waals surface area contributed by atoms with Crippen LogP contribution >= 0.6 is 0 Å². The molecule has 0 bridgehead atoms. The largest absolute Gasteiger partial charge is 0.475 e. The van der Waals surface area contributed by atoms with E-state index in [0.717, 1.165) is 25.1 Å². The SMILES string of the molecule is CNCc1ccc(OCCOCCCOC)nc1. The van der Waals surface area contributed by atoms with Crippen LogP contribution in [-0.4, -0.2) is 45.6 Å². The van der Waals surface area contributed by atoms with Crippen LogP contribution in [-0.2, 0) is 16.0 Å². The third kappa shape index (κ3) is 6.54. The molecular weight excluding hydrogens is 232 g/mol. The minimum atomic E-state index is 0.519. The maximum Gasteiger partial charge on any atom is 0.213 e. The topological polar surface area (TPSA) is 52.6 Å². The van der Waals surface area contributed by atoms with Gasteiger partial charge in [0.05, 0.1) is 6.61 Å². The van der Waals surface area contributed by atoms with Gasteiger partial charge in [0.2, 0.25) is 5.88 Å². The molecule has 0 radical (unpaired) electrons. The summed E-state index contributed by atoms with van der Waals surface area (Å²) in [5, 5.41) is 3.07. The van der Waals surface area contributed by atoms with Gasteiger partial charge in [0.15, 0.2) is 0 Å². The van der Waals surface area contributed by atoms with Crippen LogP contribution in [0, 0.1) is 0 Å². The summed E-state index contributed by atoms with van der Waals surface area (Å²) in [4.78, 5) is 4.21. The van der Waals surface area contributed by atoms with Crippen LogP contribution in [0.3, 0.4) is 0 Å². The van der Waals surface area contributed by atoms with Gasteiger partial charge in [-0.1, -0.05) is 6.07 Å². The van der Waals surface area contributed by atoms with Gasteiger partial charge in [-0.15, -0.1) is 0 Å². The molecule has 1 N–H and O–H groups in total. The van der Waals surface area contributed by atoms with E-state index in [4.69, 9.17) is 14.2 Å². The molecule has 1 aromatic rings. The van der Waals surface area contributed by atoms with Gasteiger partial charge in [0, 0.05) is 39.1 Å². The third-order valence-corrected chi connectivity index (χ3v) is 2.29. The molecule has 18 heavy (non-hydrogen) atoms. The summed E-state index contributed by atoms with van der Waals surface area (Å²) in [7, 11) is 3.60. The minimum Gasteiger partial charge on any atom is -0.475 e. The normalized spacial score (nSPS) is 10.6. The highest BCUT2D eigenvalue weighted by atomic mass is 16.5. The number of pyridine rings is 1. The summed E-state index contributed by atoms with van der Waals surface area (Å²) < 4.78 is 15.8. The fourth-order valence-corrected chi connectivity index (χ4v) is 1.42. The smallest absolute Gasteiger partial charge is 0.213 e. The molecule has 0 aliphatic rings. The second-order valence-corrected chi connectivity index (χ2v) is 3.84. The predicted octanol–water partition coefficient (Wildman–Crippen LogP) is 1.23. The van der Waals surface area contributed by atoms with E-state index in [1.54, 1.807) is 7.11 Å². The molecule has 102 valence electrons. The molecule has 5 heteroatoms. The Bertz CT molecular complexity index is 304. The average molecular weight is 254 g/mol. The van der Waals surface area contributed by atoms with E-state index in [-0.39, 0.29) is 0 Å². The summed E-state index contributed by atoms with van der Waals surface area (Å²) in [6.45, 7) is 3.34. The molecule has 0 saturated carbocycles. The van der Waals surface area contributed by atoms with E-state index in [1.807, 2.05) is 25.4 Å². The van der Waals surface area contributed by atoms with Gasteiger partial charge in [-0.3, -0.25) is 0 Å². The first-order valence-electron chi connectivity index (χ1n) is 6.16. The van der Waals surface area contributed by atoms with Crippen molar-refractivity contribution in [3.63, 3.8) is 0 Å². The number of hydrogen-bond acceptors (Lipinski definition) is 5. The monoisotopic (exact) mass is 254 g/mol. The van der Waals surface area contributed by atoms with E-state index in [2.05, 4.69) is 10.3 Å². The van der Waals surface area contributed by atoms with Crippen molar-refractivity contribution < 1.29 is 14.2 Å². The lowest BCUT2D eigenvalue weighted by Crippen LogP contribution is -2.09. The van der Waals surface area contributed by atoms with Crippen LogP contribution in [0.2, 0.25) is 0 Å². The number of rotatable bonds is 10. The molecule has 0 aromatic carbocycles. The molecule has 5 nitrogen and oxygen atoms in total. The maximum atomic E-state index is 5.46. The molecule has 0 unspecified atom stereocenters. The Morgan fingerprint density at radius 2 is 2.06 bits per heavy atom. The van der Waals surface area contributed by atoms with Crippen molar-refractivity contribution in [2.75, 3.05) is 40.6 Å². The van der Waals surface area contributed by atoms with Crippen LogP contribution in [0.1, 0.15) is 12.0 Å². The third-order valence-electron chi connectivity index (χ3n) is 2.29. The van der Waals surface area contributed by atoms with E-state index in [1.165, 1.54) is 0 Å². The van der Waals surface area contributed by atoms with Crippen molar-refractivity contribution >= 4 is 0 Å². The van der Waals surface area contributed by atoms with Crippen molar-refractivity contribution in [2.24, 2.45) is 0 Å². The fraction of sp³-hybridized carbons (Fsp3) is 0.615. The number of aromatic nitrogens is 1. The van der Waals surface area contributed by atoms with Crippen molar-refractivity contribution in [1.82, 2.24) is 10.3 Å². The first-order valence-corrected chi connectivity index (χ1v) is 6.16. The summed E-state index contributed by atoms with van der Waals surface area (Å²) in [6.07, 6.45) is 2.72. The van der Waals surface area contributed by atoms with Crippen molar-refractivity contribution in [2.45, 2.75) is 13.0 Å². The molecule has 1 rings (SSSR count). The van der Waals surface area contributed by atoms with Gasteiger partial charge in [0.25, 0.3) is 0 Å². The lowest BCUT2D eigenvalue weighted by atomic mass is 10.3. The second kappa shape index (κ2) is 9.82. The molecule has 1 aromatic heterocycles. The van der Waals surface area contributed by atoms with Gasteiger partial charge in [-0.05, 0) is 19.0 Å². The summed E-state index contributed by atoms with van der Waals surface area (Å²) in [5.41, 5.74) is 1.14. The molecule has 0 fully saturated rings. The highest BCUT2D eigenvalue weighted by molar-refractivity contribution is 5.17. The first kappa shape index (κ1) is 14.9. The standard InChI is InChI=1S/C13H22N2O3/c1-14-10-12-4-5-13(15-11-12)18-9-8-17-7-3-6-16-2/h4-5,11,14H,3,6-10H2,1-2H3. The van der Waals surface area contributed by atoms with Gasteiger partial charge in [-0.2, -0.15) is 0 Å². The molecule has 0 amide bonds. The van der Waals surface area contributed by atoms with E-state index in [9.17, 15) is 0 Å². The maximum absolute atomic E-state index is 5.46. The number of hydrogen-bond donors (Lipinski definition) is 1. The molecule has 0 spiro atoms. The van der Waals surface area contributed by atoms with Gasteiger partial charge < -0.3 is 19.5 Å². The Labute approximate surface area is 108 Å². The average Bonchev–Trinajstić information content (AvgIpc) is 2.40. The number of methoxy groups -OCH3 is 1. The molecule has 0 aliphatic heterocycles. The van der Waals surface area contributed by atoms with Crippen LogP contribution in [0.25, 0.3) is 0 Å².